The molecule has 3 aromatic rings. The molecule has 0 radical (unpaired) electrons. The van der Waals surface area contributed by atoms with E-state index in [1.54, 1.807) is 30.5 Å². The maximum Gasteiger partial charge on any atom is 0.278 e. The van der Waals surface area contributed by atoms with Crippen molar-refractivity contribution in [2.24, 2.45) is 0 Å². The van der Waals surface area contributed by atoms with E-state index in [0.29, 0.717) is 11.3 Å². The highest BCUT2D eigenvalue weighted by Crippen LogP contribution is 2.20. The van der Waals surface area contributed by atoms with Gasteiger partial charge < -0.3 is 5.32 Å². The fraction of sp³-hybridized carbons (Fsp3) is 0. The molecular formula is C17H12BrN3O2. The number of carbonyl (C=O) groups is 2. The summed E-state index contributed by atoms with van der Waals surface area (Å²) in [5.74, 6) is -0.535. The Kier molecular flexibility index (Phi) is 4.08. The van der Waals surface area contributed by atoms with Crippen molar-refractivity contribution in [1.29, 1.82) is 0 Å². The van der Waals surface area contributed by atoms with Crippen LogP contribution in [-0.4, -0.2) is 21.6 Å². The second-order valence-corrected chi connectivity index (χ2v) is 5.75. The molecule has 6 heteroatoms. The lowest BCUT2D eigenvalue weighted by molar-refractivity contribution is -0.111. The fourth-order valence-corrected chi connectivity index (χ4v) is 2.51. The summed E-state index contributed by atoms with van der Waals surface area (Å²) in [6.07, 6.45) is 2.84. The number of nitrogens with zero attached hydrogens (tertiary/aromatic N) is 2. The number of benzene rings is 2. The fourth-order valence-electron chi connectivity index (χ4n) is 2.17. The average molecular weight is 370 g/mol. The molecule has 3 rings (SSSR count). The van der Waals surface area contributed by atoms with Crippen LogP contribution in [0.5, 0.6) is 0 Å². The van der Waals surface area contributed by atoms with E-state index in [9.17, 15) is 9.59 Å². The second-order valence-electron chi connectivity index (χ2n) is 4.84. The predicted molar refractivity (Wildman–Crippen MR) is 92.4 cm³/mol. The Morgan fingerprint density at radius 2 is 1.91 bits per heavy atom. The average Bonchev–Trinajstić information content (AvgIpc) is 2.97. The number of halogens is 1. The van der Waals surface area contributed by atoms with E-state index < -0.39 is 0 Å². The molecule has 0 bridgehead atoms. The standard InChI is InChI=1S/C17H12BrN3O2/c1-2-16(22)20-14-7-4-11(5-8-14)17(23)21-15-9-13(18)6-3-12(15)10-19-21/h2-10H,1H2,(H,20,22). The highest BCUT2D eigenvalue weighted by molar-refractivity contribution is 9.10. The van der Waals surface area contributed by atoms with Gasteiger partial charge in [-0.25, -0.2) is 0 Å². The number of hydrogen-bond donors (Lipinski definition) is 1. The molecule has 5 nitrogen and oxygen atoms in total. The van der Waals surface area contributed by atoms with Gasteiger partial charge in [-0.15, -0.1) is 0 Å². The van der Waals surface area contributed by atoms with Crippen LogP contribution in [0, 0.1) is 0 Å². The summed E-state index contributed by atoms with van der Waals surface area (Å²) < 4.78 is 2.24. The lowest BCUT2D eigenvalue weighted by atomic mass is 10.2. The summed E-state index contributed by atoms with van der Waals surface area (Å²) in [4.78, 5) is 23.9. The molecule has 1 heterocycles. The minimum atomic E-state index is -0.299. The molecule has 2 aromatic carbocycles. The first-order valence-corrected chi connectivity index (χ1v) is 7.59. The monoisotopic (exact) mass is 369 g/mol. The molecular weight excluding hydrogens is 358 g/mol. The Labute approximate surface area is 140 Å². The lowest BCUT2D eigenvalue weighted by Crippen LogP contribution is -2.13. The first-order chi connectivity index (χ1) is 11.1. The highest BCUT2D eigenvalue weighted by atomic mass is 79.9. The van der Waals surface area contributed by atoms with E-state index in [1.807, 2.05) is 18.2 Å². The molecule has 0 aliphatic rings. The largest absolute Gasteiger partial charge is 0.323 e. The minimum Gasteiger partial charge on any atom is -0.323 e. The van der Waals surface area contributed by atoms with Crippen molar-refractivity contribution < 1.29 is 9.59 Å². The number of rotatable bonds is 3. The molecule has 0 saturated heterocycles. The number of anilines is 1. The topological polar surface area (TPSA) is 64.0 Å². The van der Waals surface area contributed by atoms with Crippen LogP contribution >= 0.6 is 15.9 Å². The summed E-state index contributed by atoms with van der Waals surface area (Å²) in [6.45, 7) is 3.39. The second kappa shape index (κ2) is 6.18. The molecule has 0 aliphatic heterocycles. The van der Waals surface area contributed by atoms with E-state index in [0.717, 1.165) is 15.4 Å². The number of fused-ring (bicyclic) bond motifs is 1. The zero-order chi connectivity index (χ0) is 16.4. The number of amides is 1. The van der Waals surface area contributed by atoms with Gasteiger partial charge in [0.2, 0.25) is 5.91 Å². The molecule has 1 aromatic heterocycles. The zero-order valence-electron chi connectivity index (χ0n) is 12.0. The summed E-state index contributed by atoms with van der Waals surface area (Å²) in [5, 5.41) is 7.68. The number of hydrogen-bond acceptors (Lipinski definition) is 3. The molecule has 0 atom stereocenters. The minimum absolute atomic E-state index is 0.236. The molecule has 0 saturated carbocycles. The maximum atomic E-state index is 12.6. The van der Waals surface area contributed by atoms with Gasteiger partial charge in [0.05, 0.1) is 11.7 Å². The van der Waals surface area contributed by atoms with Crippen LogP contribution in [0.2, 0.25) is 0 Å². The number of carbonyl (C=O) groups excluding carboxylic acids is 2. The number of aromatic nitrogens is 2. The van der Waals surface area contributed by atoms with E-state index in [1.165, 1.54) is 10.8 Å². The van der Waals surface area contributed by atoms with Crippen LogP contribution in [0.25, 0.3) is 10.9 Å². The van der Waals surface area contributed by atoms with Gasteiger partial charge in [0.15, 0.2) is 0 Å². The van der Waals surface area contributed by atoms with E-state index in [2.05, 4.69) is 32.9 Å². The van der Waals surface area contributed by atoms with Gasteiger partial charge in [0.25, 0.3) is 5.91 Å². The van der Waals surface area contributed by atoms with Gasteiger partial charge in [0.1, 0.15) is 0 Å². The highest BCUT2D eigenvalue weighted by Gasteiger charge is 2.13. The predicted octanol–water partition coefficient (Wildman–Crippen LogP) is 3.61. The van der Waals surface area contributed by atoms with E-state index in [4.69, 9.17) is 0 Å². The summed E-state index contributed by atoms with van der Waals surface area (Å²) in [7, 11) is 0. The molecule has 0 unspecified atom stereocenters. The zero-order valence-corrected chi connectivity index (χ0v) is 13.6. The molecule has 0 aliphatic carbocycles. The van der Waals surface area contributed by atoms with Crippen molar-refractivity contribution in [3.05, 3.63) is 71.4 Å². The third kappa shape index (κ3) is 3.07. The third-order valence-corrected chi connectivity index (χ3v) is 3.80. The van der Waals surface area contributed by atoms with Crippen molar-refractivity contribution in [3.8, 4) is 0 Å². The van der Waals surface area contributed by atoms with Gasteiger partial charge >= 0.3 is 0 Å². The Bertz CT molecular complexity index is 913. The van der Waals surface area contributed by atoms with E-state index in [-0.39, 0.29) is 11.8 Å². The number of nitrogens with one attached hydrogen (secondary N) is 1. The Balaban J connectivity index is 1.91. The lowest BCUT2D eigenvalue weighted by Gasteiger charge is -2.05. The van der Waals surface area contributed by atoms with Gasteiger partial charge in [-0.3, -0.25) is 9.59 Å². The molecule has 1 N–H and O–H groups in total. The van der Waals surface area contributed by atoms with Crippen molar-refractivity contribution in [2.75, 3.05) is 5.32 Å². The summed E-state index contributed by atoms with van der Waals surface area (Å²) >= 11 is 3.40. The normalized spacial score (nSPS) is 10.5. The Morgan fingerprint density at radius 1 is 1.17 bits per heavy atom. The molecule has 23 heavy (non-hydrogen) atoms. The van der Waals surface area contributed by atoms with Crippen LogP contribution < -0.4 is 5.32 Å². The van der Waals surface area contributed by atoms with Crippen LogP contribution in [0.3, 0.4) is 0 Å². The van der Waals surface area contributed by atoms with Crippen LogP contribution in [0.1, 0.15) is 10.4 Å². The summed E-state index contributed by atoms with van der Waals surface area (Å²) in [6, 6.07) is 12.3. The van der Waals surface area contributed by atoms with Crippen LogP contribution in [-0.2, 0) is 4.79 Å². The molecule has 0 fully saturated rings. The van der Waals surface area contributed by atoms with Crippen LogP contribution in [0.15, 0.2) is 65.8 Å². The quantitative estimate of drug-likeness (QED) is 0.717. The molecule has 0 spiro atoms. The maximum absolute atomic E-state index is 12.6. The SMILES string of the molecule is C=CC(=O)Nc1ccc(C(=O)n2ncc3ccc(Br)cc32)cc1. The Morgan fingerprint density at radius 3 is 2.61 bits per heavy atom. The van der Waals surface area contributed by atoms with Crippen molar-refractivity contribution in [3.63, 3.8) is 0 Å². The third-order valence-electron chi connectivity index (χ3n) is 3.31. The summed E-state index contributed by atoms with van der Waals surface area (Å²) in [5.41, 5.74) is 1.81. The smallest absolute Gasteiger partial charge is 0.278 e. The van der Waals surface area contributed by atoms with E-state index >= 15 is 0 Å². The molecule has 114 valence electrons. The van der Waals surface area contributed by atoms with Crippen molar-refractivity contribution >= 4 is 44.3 Å². The van der Waals surface area contributed by atoms with Crippen molar-refractivity contribution in [2.45, 2.75) is 0 Å². The van der Waals surface area contributed by atoms with Gasteiger partial charge in [-0.1, -0.05) is 28.6 Å². The van der Waals surface area contributed by atoms with Crippen LogP contribution in [0.4, 0.5) is 5.69 Å². The first kappa shape index (κ1) is 15.2. The van der Waals surface area contributed by atoms with Gasteiger partial charge in [-0.2, -0.15) is 9.78 Å². The Hall–Kier alpha value is -2.73. The van der Waals surface area contributed by atoms with Crippen molar-refractivity contribution in [1.82, 2.24) is 9.78 Å². The van der Waals surface area contributed by atoms with Gasteiger partial charge in [-0.05, 0) is 42.5 Å². The molecule has 1 amide bonds. The first-order valence-electron chi connectivity index (χ1n) is 6.80. The van der Waals surface area contributed by atoms with Gasteiger partial charge in [0, 0.05) is 21.1 Å².